The number of methoxy groups -OCH3 is 1. The smallest absolute Gasteiger partial charge is 0.163 e. The second-order valence-electron chi connectivity index (χ2n) is 3.73. The molecule has 0 saturated carbocycles. The molecule has 5 heteroatoms. The highest BCUT2D eigenvalue weighted by molar-refractivity contribution is 7.99. The number of ether oxygens (including phenoxy) is 3. The summed E-state index contributed by atoms with van der Waals surface area (Å²) in [6.07, 6.45) is 1.01. The number of anilines is 1. The Kier molecular flexibility index (Phi) is 4.39. The molecule has 0 saturated heterocycles. The predicted octanol–water partition coefficient (Wildman–Crippen LogP) is 2.17. The number of nitrogen functional groups attached to an aromatic ring is 1. The third-order valence-electron chi connectivity index (χ3n) is 2.42. The van der Waals surface area contributed by atoms with E-state index < -0.39 is 0 Å². The molecule has 1 aromatic carbocycles. The topological polar surface area (TPSA) is 53.7 Å². The summed E-state index contributed by atoms with van der Waals surface area (Å²) in [6, 6.07) is 3.80. The Balaban J connectivity index is 2.01. The molecule has 0 bridgehead atoms. The molecule has 1 aliphatic heterocycles. The molecular formula is C12H17NO3S. The molecule has 94 valence electrons. The van der Waals surface area contributed by atoms with Gasteiger partial charge in [0.15, 0.2) is 11.5 Å². The molecular weight excluding hydrogens is 238 g/mol. The average Bonchev–Trinajstić information content (AvgIpc) is 2.35. The minimum atomic E-state index is 0.590. The van der Waals surface area contributed by atoms with Crippen molar-refractivity contribution in [3.05, 3.63) is 12.1 Å². The van der Waals surface area contributed by atoms with E-state index in [4.69, 9.17) is 19.9 Å². The minimum absolute atomic E-state index is 0.590. The van der Waals surface area contributed by atoms with E-state index in [1.165, 1.54) is 0 Å². The molecule has 0 amide bonds. The van der Waals surface area contributed by atoms with Gasteiger partial charge in [-0.25, -0.2) is 0 Å². The quantitative estimate of drug-likeness (QED) is 0.496. The molecule has 0 aromatic heterocycles. The summed E-state index contributed by atoms with van der Waals surface area (Å²) >= 11 is 1.72. The summed E-state index contributed by atoms with van der Waals surface area (Å²) in [5.41, 5.74) is 6.72. The van der Waals surface area contributed by atoms with E-state index in [0.29, 0.717) is 13.2 Å². The van der Waals surface area contributed by atoms with Crippen molar-refractivity contribution in [3.8, 4) is 11.5 Å². The Labute approximate surface area is 105 Å². The highest BCUT2D eigenvalue weighted by atomic mass is 32.2. The van der Waals surface area contributed by atoms with Gasteiger partial charge >= 0.3 is 0 Å². The standard InChI is InChI=1S/C12H17NO3S/c1-14-3-2-6-17-12-8-11-10(7-9(12)13)15-4-5-16-11/h7-8H,2-6,13H2,1H3. The Morgan fingerprint density at radius 1 is 1.29 bits per heavy atom. The lowest BCUT2D eigenvalue weighted by atomic mass is 10.2. The number of nitrogens with two attached hydrogens (primary N) is 1. The van der Waals surface area contributed by atoms with E-state index in [1.807, 2.05) is 12.1 Å². The fourth-order valence-corrected chi connectivity index (χ4v) is 2.49. The zero-order valence-electron chi connectivity index (χ0n) is 9.90. The number of fused-ring (bicyclic) bond motifs is 1. The van der Waals surface area contributed by atoms with Crippen LogP contribution in [0.4, 0.5) is 5.69 Å². The first kappa shape index (κ1) is 12.4. The van der Waals surface area contributed by atoms with Crippen LogP contribution in [0.2, 0.25) is 0 Å². The summed E-state index contributed by atoms with van der Waals surface area (Å²) in [5.74, 6) is 2.52. The van der Waals surface area contributed by atoms with Crippen LogP contribution in [-0.2, 0) is 4.74 Å². The van der Waals surface area contributed by atoms with Gasteiger partial charge in [0.2, 0.25) is 0 Å². The van der Waals surface area contributed by atoms with Gasteiger partial charge in [-0.1, -0.05) is 0 Å². The van der Waals surface area contributed by atoms with Gasteiger partial charge in [-0.05, 0) is 12.5 Å². The predicted molar refractivity (Wildman–Crippen MR) is 69.1 cm³/mol. The summed E-state index contributed by atoms with van der Waals surface area (Å²) < 4.78 is 16.0. The fourth-order valence-electron chi connectivity index (χ4n) is 1.60. The number of benzene rings is 1. The number of hydrogen-bond acceptors (Lipinski definition) is 5. The highest BCUT2D eigenvalue weighted by Crippen LogP contribution is 2.38. The SMILES string of the molecule is COCCCSc1cc2c(cc1N)OCCO2. The van der Waals surface area contributed by atoms with Crippen molar-refractivity contribution in [2.45, 2.75) is 11.3 Å². The molecule has 0 unspecified atom stereocenters. The van der Waals surface area contributed by atoms with Crippen LogP contribution in [0.3, 0.4) is 0 Å². The first-order chi connectivity index (χ1) is 8.31. The molecule has 4 nitrogen and oxygen atoms in total. The Morgan fingerprint density at radius 3 is 2.71 bits per heavy atom. The van der Waals surface area contributed by atoms with Crippen molar-refractivity contribution in [3.63, 3.8) is 0 Å². The molecule has 0 aliphatic carbocycles. The molecule has 0 radical (unpaired) electrons. The molecule has 0 spiro atoms. The normalized spacial score (nSPS) is 13.7. The molecule has 0 atom stereocenters. The third kappa shape index (κ3) is 3.20. The molecule has 0 fully saturated rings. The van der Waals surface area contributed by atoms with Crippen LogP contribution in [-0.4, -0.2) is 32.7 Å². The van der Waals surface area contributed by atoms with E-state index in [-0.39, 0.29) is 0 Å². The van der Waals surface area contributed by atoms with Gasteiger partial charge in [0.25, 0.3) is 0 Å². The van der Waals surface area contributed by atoms with Crippen molar-refractivity contribution in [1.82, 2.24) is 0 Å². The van der Waals surface area contributed by atoms with Crippen LogP contribution in [0.25, 0.3) is 0 Å². The lowest BCUT2D eigenvalue weighted by Gasteiger charge is -2.20. The van der Waals surface area contributed by atoms with Gasteiger partial charge in [0.05, 0.1) is 0 Å². The number of rotatable bonds is 5. The van der Waals surface area contributed by atoms with Gasteiger partial charge in [-0.2, -0.15) is 0 Å². The Bertz CT molecular complexity index is 384. The summed E-state index contributed by atoms with van der Waals surface area (Å²) in [6.45, 7) is 1.97. The van der Waals surface area contributed by atoms with E-state index in [0.717, 1.165) is 40.9 Å². The highest BCUT2D eigenvalue weighted by Gasteiger charge is 2.14. The monoisotopic (exact) mass is 255 g/mol. The van der Waals surface area contributed by atoms with Gasteiger partial charge in [-0.3, -0.25) is 0 Å². The minimum Gasteiger partial charge on any atom is -0.486 e. The number of hydrogen-bond donors (Lipinski definition) is 1. The Hall–Kier alpha value is -1.07. The molecule has 2 rings (SSSR count). The molecule has 1 heterocycles. The zero-order chi connectivity index (χ0) is 12.1. The average molecular weight is 255 g/mol. The van der Waals surface area contributed by atoms with Crippen LogP contribution in [0.5, 0.6) is 11.5 Å². The Morgan fingerprint density at radius 2 is 2.00 bits per heavy atom. The van der Waals surface area contributed by atoms with Gasteiger partial charge in [0, 0.05) is 36.1 Å². The van der Waals surface area contributed by atoms with E-state index in [1.54, 1.807) is 18.9 Å². The van der Waals surface area contributed by atoms with Crippen molar-refractivity contribution in [2.75, 3.05) is 38.4 Å². The second-order valence-corrected chi connectivity index (χ2v) is 4.87. The summed E-state index contributed by atoms with van der Waals surface area (Å²) in [5, 5.41) is 0. The van der Waals surface area contributed by atoms with Crippen LogP contribution in [0.15, 0.2) is 17.0 Å². The van der Waals surface area contributed by atoms with Crippen LogP contribution in [0, 0.1) is 0 Å². The van der Waals surface area contributed by atoms with Crippen LogP contribution in [0.1, 0.15) is 6.42 Å². The summed E-state index contributed by atoms with van der Waals surface area (Å²) in [4.78, 5) is 1.05. The van der Waals surface area contributed by atoms with E-state index >= 15 is 0 Å². The lowest BCUT2D eigenvalue weighted by molar-refractivity contribution is 0.171. The van der Waals surface area contributed by atoms with Crippen molar-refractivity contribution in [2.24, 2.45) is 0 Å². The molecule has 1 aliphatic rings. The zero-order valence-corrected chi connectivity index (χ0v) is 10.7. The maximum absolute atomic E-state index is 5.97. The van der Waals surface area contributed by atoms with Gasteiger partial charge in [0.1, 0.15) is 13.2 Å². The van der Waals surface area contributed by atoms with Crippen molar-refractivity contribution in [1.29, 1.82) is 0 Å². The van der Waals surface area contributed by atoms with Crippen LogP contribution >= 0.6 is 11.8 Å². The largest absolute Gasteiger partial charge is 0.486 e. The maximum Gasteiger partial charge on any atom is 0.163 e. The van der Waals surface area contributed by atoms with Gasteiger partial charge in [-0.15, -0.1) is 11.8 Å². The van der Waals surface area contributed by atoms with Gasteiger partial charge < -0.3 is 19.9 Å². The fraction of sp³-hybridized carbons (Fsp3) is 0.500. The van der Waals surface area contributed by atoms with E-state index in [9.17, 15) is 0 Å². The second kappa shape index (κ2) is 6.02. The number of thioether (sulfide) groups is 1. The van der Waals surface area contributed by atoms with Crippen molar-refractivity contribution < 1.29 is 14.2 Å². The first-order valence-corrected chi connectivity index (χ1v) is 6.60. The lowest BCUT2D eigenvalue weighted by Crippen LogP contribution is -2.15. The first-order valence-electron chi connectivity index (χ1n) is 5.62. The molecule has 17 heavy (non-hydrogen) atoms. The van der Waals surface area contributed by atoms with Crippen LogP contribution < -0.4 is 15.2 Å². The molecule has 1 aromatic rings. The third-order valence-corrected chi connectivity index (χ3v) is 3.58. The summed E-state index contributed by atoms with van der Waals surface area (Å²) in [7, 11) is 1.71. The van der Waals surface area contributed by atoms with Crippen molar-refractivity contribution >= 4 is 17.4 Å². The molecule has 2 N–H and O–H groups in total. The van der Waals surface area contributed by atoms with E-state index in [2.05, 4.69) is 0 Å². The maximum atomic E-state index is 5.97.